The minimum atomic E-state index is -0.771. The van der Waals surface area contributed by atoms with E-state index in [-0.39, 0.29) is 31.1 Å². The zero-order chi connectivity index (χ0) is 55.7. The molecule has 0 aromatic heterocycles. The lowest BCUT2D eigenvalue weighted by molar-refractivity contribution is -0.167. The van der Waals surface area contributed by atoms with E-state index >= 15 is 0 Å². The van der Waals surface area contributed by atoms with Gasteiger partial charge in [0, 0.05) is 19.3 Å². The van der Waals surface area contributed by atoms with E-state index in [1.807, 2.05) is 0 Å². The number of ether oxygens (including phenoxy) is 3. The van der Waals surface area contributed by atoms with Gasteiger partial charge >= 0.3 is 17.9 Å². The molecule has 0 amide bonds. The molecule has 0 N–H and O–H groups in total. The first-order valence-electron chi connectivity index (χ1n) is 34.5. The predicted octanol–water partition coefficient (Wildman–Crippen LogP) is 23.6. The highest BCUT2D eigenvalue weighted by Gasteiger charge is 2.19. The van der Waals surface area contributed by atoms with E-state index in [4.69, 9.17) is 14.2 Å². The molecule has 0 fully saturated rings. The lowest BCUT2D eigenvalue weighted by atomic mass is 10.0. The summed E-state index contributed by atoms with van der Waals surface area (Å²) >= 11 is 0. The van der Waals surface area contributed by atoms with E-state index in [2.05, 4.69) is 57.2 Å². The average Bonchev–Trinajstić information content (AvgIpc) is 3.43. The fraction of sp³-hybridized carbons (Fsp3) is 0.873. The highest BCUT2D eigenvalue weighted by molar-refractivity contribution is 5.71. The molecule has 1 atom stereocenters. The third-order valence-corrected chi connectivity index (χ3v) is 15.6. The third-order valence-electron chi connectivity index (χ3n) is 15.6. The molecule has 0 aromatic carbocycles. The van der Waals surface area contributed by atoms with Crippen molar-refractivity contribution in [3.63, 3.8) is 0 Å². The molecular weight excluding hydrogens is 949 g/mol. The van der Waals surface area contributed by atoms with Gasteiger partial charge in [-0.1, -0.05) is 340 Å². The topological polar surface area (TPSA) is 78.9 Å². The van der Waals surface area contributed by atoms with Gasteiger partial charge in [-0.15, -0.1) is 0 Å². The Labute approximate surface area is 480 Å². The smallest absolute Gasteiger partial charge is 0.306 e. The molecule has 0 heterocycles. The van der Waals surface area contributed by atoms with Crippen molar-refractivity contribution in [1.29, 1.82) is 0 Å². The van der Waals surface area contributed by atoms with Crippen LogP contribution in [0.25, 0.3) is 0 Å². The summed E-state index contributed by atoms with van der Waals surface area (Å²) in [7, 11) is 0. The third kappa shape index (κ3) is 64.3. The normalized spacial score (nSPS) is 12.2. The van der Waals surface area contributed by atoms with Crippen LogP contribution < -0.4 is 0 Å². The Bertz CT molecular complexity index is 1290. The van der Waals surface area contributed by atoms with Gasteiger partial charge in [-0.05, 0) is 57.8 Å². The van der Waals surface area contributed by atoms with Gasteiger partial charge in [0.15, 0.2) is 6.10 Å². The molecular formula is C71H132O6. The highest BCUT2D eigenvalue weighted by atomic mass is 16.6. The Kier molecular flexibility index (Phi) is 64.1. The van der Waals surface area contributed by atoms with Gasteiger partial charge in [-0.3, -0.25) is 14.4 Å². The zero-order valence-electron chi connectivity index (χ0n) is 52.0. The summed E-state index contributed by atoms with van der Waals surface area (Å²) in [5.41, 5.74) is 0. The Morgan fingerprint density at radius 2 is 0.468 bits per heavy atom. The molecule has 0 aliphatic rings. The fourth-order valence-corrected chi connectivity index (χ4v) is 10.5. The molecule has 0 saturated heterocycles. The fourth-order valence-electron chi connectivity index (χ4n) is 10.5. The van der Waals surface area contributed by atoms with Crippen LogP contribution in [0.5, 0.6) is 0 Å². The molecule has 6 heteroatoms. The zero-order valence-corrected chi connectivity index (χ0v) is 52.0. The van der Waals surface area contributed by atoms with Gasteiger partial charge in [0.1, 0.15) is 13.2 Å². The van der Waals surface area contributed by atoms with Crippen molar-refractivity contribution in [3.8, 4) is 0 Å². The first-order chi connectivity index (χ1) is 38.0. The summed E-state index contributed by atoms with van der Waals surface area (Å²) in [6, 6.07) is 0. The maximum absolute atomic E-state index is 12.9. The summed E-state index contributed by atoms with van der Waals surface area (Å²) in [6.07, 6.45) is 81.6. The molecule has 452 valence electrons. The number of hydrogen-bond donors (Lipinski definition) is 0. The SMILES string of the molecule is CCCCCCC/C=C\C/C=C\C/C=C\CCCCCCCCCCCCC(=O)OCC(COC(=O)CCCCCCCCCCCCCCCCC)OC(=O)CCCCCCCCCCCCCCCCCCCCC. The summed E-state index contributed by atoms with van der Waals surface area (Å²) in [6.45, 7) is 6.70. The standard InChI is InChI=1S/C71H132O6/c1-4-7-10-13-16-19-22-25-28-30-32-33-34-35-36-37-39-40-43-46-49-52-55-58-61-64-70(73)76-67-68(66-75-69(72)63-60-57-54-51-48-45-42-27-24-21-18-15-12-9-6-3)77-71(74)65-62-59-56-53-50-47-44-41-38-31-29-26-23-20-17-14-11-8-5-2/h22,25,30,32,34-35,68H,4-21,23-24,26-29,31,33,36-67H2,1-3H3/b25-22-,32-30-,35-34-. The van der Waals surface area contributed by atoms with Crippen molar-refractivity contribution >= 4 is 17.9 Å². The number of allylic oxidation sites excluding steroid dienone is 6. The van der Waals surface area contributed by atoms with Crippen LogP contribution in [-0.2, 0) is 28.6 Å². The molecule has 0 radical (unpaired) electrons. The first kappa shape index (κ1) is 74.6. The van der Waals surface area contributed by atoms with Crippen molar-refractivity contribution < 1.29 is 28.6 Å². The predicted molar refractivity (Wildman–Crippen MR) is 335 cm³/mol. The Hall–Kier alpha value is -2.37. The van der Waals surface area contributed by atoms with Gasteiger partial charge in [-0.25, -0.2) is 0 Å². The second-order valence-corrected chi connectivity index (χ2v) is 23.5. The van der Waals surface area contributed by atoms with Gasteiger partial charge in [0.05, 0.1) is 0 Å². The lowest BCUT2D eigenvalue weighted by Gasteiger charge is -2.18. The molecule has 0 rings (SSSR count). The first-order valence-corrected chi connectivity index (χ1v) is 34.5. The van der Waals surface area contributed by atoms with Crippen LogP contribution in [0.3, 0.4) is 0 Å². The van der Waals surface area contributed by atoms with Gasteiger partial charge in [0.2, 0.25) is 0 Å². The second-order valence-electron chi connectivity index (χ2n) is 23.5. The maximum Gasteiger partial charge on any atom is 0.306 e. The van der Waals surface area contributed by atoms with Crippen LogP contribution >= 0.6 is 0 Å². The van der Waals surface area contributed by atoms with E-state index in [9.17, 15) is 14.4 Å². The molecule has 77 heavy (non-hydrogen) atoms. The number of carbonyl (C=O) groups excluding carboxylic acids is 3. The summed E-state index contributed by atoms with van der Waals surface area (Å²) in [5.74, 6) is -0.841. The maximum atomic E-state index is 12.9. The molecule has 0 spiro atoms. The van der Waals surface area contributed by atoms with Crippen molar-refractivity contribution in [3.05, 3.63) is 36.5 Å². The molecule has 0 aliphatic carbocycles. The number of hydrogen-bond acceptors (Lipinski definition) is 6. The largest absolute Gasteiger partial charge is 0.462 e. The Balaban J connectivity index is 4.28. The van der Waals surface area contributed by atoms with Crippen LogP contribution in [0.1, 0.15) is 380 Å². The quantitative estimate of drug-likeness (QED) is 0.0261. The van der Waals surface area contributed by atoms with Crippen molar-refractivity contribution in [2.45, 2.75) is 386 Å². The summed E-state index contributed by atoms with van der Waals surface area (Å²) in [4.78, 5) is 38.4. The van der Waals surface area contributed by atoms with Gasteiger partial charge in [0.25, 0.3) is 0 Å². The van der Waals surface area contributed by atoms with Crippen LogP contribution in [0.4, 0.5) is 0 Å². The van der Waals surface area contributed by atoms with Crippen LogP contribution in [0.15, 0.2) is 36.5 Å². The minimum absolute atomic E-state index is 0.0670. The molecule has 1 unspecified atom stereocenters. The number of carbonyl (C=O) groups is 3. The van der Waals surface area contributed by atoms with E-state index in [0.717, 1.165) is 70.6 Å². The average molecular weight is 1080 g/mol. The number of unbranched alkanes of at least 4 members (excludes halogenated alkanes) is 47. The van der Waals surface area contributed by atoms with Crippen molar-refractivity contribution in [1.82, 2.24) is 0 Å². The van der Waals surface area contributed by atoms with Crippen molar-refractivity contribution in [2.24, 2.45) is 0 Å². The summed E-state index contributed by atoms with van der Waals surface area (Å²) in [5, 5.41) is 0. The lowest BCUT2D eigenvalue weighted by Crippen LogP contribution is -2.30. The van der Waals surface area contributed by atoms with Crippen LogP contribution in [-0.4, -0.2) is 37.2 Å². The second kappa shape index (κ2) is 66.1. The van der Waals surface area contributed by atoms with E-state index < -0.39 is 6.10 Å². The van der Waals surface area contributed by atoms with Crippen molar-refractivity contribution in [2.75, 3.05) is 13.2 Å². The molecule has 0 saturated carbocycles. The number of rotatable bonds is 64. The Morgan fingerprint density at radius 1 is 0.260 bits per heavy atom. The van der Waals surface area contributed by atoms with Crippen LogP contribution in [0.2, 0.25) is 0 Å². The van der Waals surface area contributed by atoms with E-state index in [0.29, 0.717) is 19.3 Å². The van der Waals surface area contributed by atoms with Gasteiger partial charge < -0.3 is 14.2 Å². The molecule has 6 nitrogen and oxygen atoms in total. The van der Waals surface area contributed by atoms with E-state index in [1.165, 1.54) is 270 Å². The summed E-state index contributed by atoms with van der Waals surface area (Å²) < 4.78 is 17.0. The Morgan fingerprint density at radius 3 is 0.727 bits per heavy atom. The monoisotopic (exact) mass is 1080 g/mol. The molecule has 0 aromatic rings. The van der Waals surface area contributed by atoms with Gasteiger partial charge in [-0.2, -0.15) is 0 Å². The minimum Gasteiger partial charge on any atom is -0.462 e. The molecule has 0 bridgehead atoms. The number of esters is 3. The van der Waals surface area contributed by atoms with E-state index in [1.54, 1.807) is 0 Å². The van der Waals surface area contributed by atoms with Crippen LogP contribution in [0, 0.1) is 0 Å². The molecule has 0 aliphatic heterocycles. The highest BCUT2D eigenvalue weighted by Crippen LogP contribution is 2.18.